The van der Waals surface area contributed by atoms with Gasteiger partial charge in [0, 0.05) is 59.3 Å². The average Bonchev–Trinajstić information content (AvgIpc) is 3.46. The maximum atomic E-state index is 14.0. The fraction of sp³-hybridized carbons (Fsp3) is 0.111. The third kappa shape index (κ3) is 3.95. The molecule has 0 aliphatic carbocycles. The molecule has 0 atom stereocenters. The fourth-order valence-electron chi connectivity index (χ4n) is 4.50. The average molecular weight is 480 g/mol. The molecule has 36 heavy (non-hydrogen) atoms. The maximum Gasteiger partial charge on any atom is 0.181 e. The SMILES string of the molecule is CN(C)Cc1cncc(-c2cnc3n[nH]c(-c4cc5c(-c6cc(O)cc(F)c6)ccnc5[nH]4)c3c2)c1. The second-order valence-electron chi connectivity index (χ2n) is 9.02. The number of pyridine rings is 3. The number of phenols is 1. The van der Waals surface area contributed by atoms with E-state index in [2.05, 4.69) is 41.1 Å². The molecule has 5 aromatic heterocycles. The number of nitrogens with one attached hydrogen (secondary N) is 2. The number of benzene rings is 1. The normalized spacial score (nSPS) is 11.7. The Hall–Kier alpha value is -4.63. The van der Waals surface area contributed by atoms with Crippen molar-refractivity contribution in [2.24, 2.45) is 0 Å². The summed E-state index contributed by atoms with van der Waals surface area (Å²) >= 11 is 0. The maximum absolute atomic E-state index is 14.0. The highest BCUT2D eigenvalue weighted by Crippen LogP contribution is 2.35. The molecule has 1 aromatic carbocycles. The number of aromatic hydroxyl groups is 1. The van der Waals surface area contributed by atoms with Crippen molar-refractivity contribution >= 4 is 22.1 Å². The molecule has 0 saturated carbocycles. The van der Waals surface area contributed by atoms with Crippen LogP contribution in [0.5, 0.6) is 5.75 Å². The van der Waals surface area contributed by atoms with Crippen molar-refractivity contribution in [3.63, 3.8) is 0 Å². The summed E-state index contributed by atoms with van der Waals surface area (Å²) in [4.78, 5) is 18.8. The number of H-pyrrole nitrogens is 2. The minimum absolute atomic E-state index is 0.131. The summed E-state index contributed by atoms with van der Waals surface area (Å²) in [6.07, 6.45) is 7.14. The summed E-state index contributed by atoms with van der Waals surface area (Å²) < 4.78 is 14.0. The van der Waals surface area contributed by atoms with Crippen LogP contribution in [0.2, 0.25) is 0 Å². The van der Waals surface area contributed by atoms with Crippen molar-refractivity contribution in [3.8, 4) is 39.4 Å². The van der Waals surface area contributed by atoms with Gasteiger partial charge in [-0.3, -0.25) is 10.1 Å². The third-order valence-corrected chi connectivity index (χ3v) is 6.03. The molecular formula is C27H22FN7O. The number of fused-ring (bicyclic) bond motifs is 2. The number of aromatic amines is 2. The van der Waals surface area contributed by atoms with Crippen molar-refractivity contribution in [3.05, 3.63) is 78.6 Å². The number of hydrogen-bond donors (Lipinski definition) is 3. The lowest BCUT2D eigenvalue weighted by Crippen LogP contribution is -2.10. The Labute approximate surface area is 205 Å². The molecule has 9 heteroatoms. The molecule has 0 amide bonds. The fourth-order valence-corrected chi connectivity index (χ4v) is 4.50. The number of aromatic nitrogens is 6. The van der Waals surface area contributed by atoms with Gasteiger partial charge in [0.1, 0.15) is 17.2 Å². The summed E-state index contributed by atoms with van der Waals surface area (Å²) in [7, 11) is 4.05. The van der Waals surface area contributed by atoms with E-state index >= 15 is 0 Å². The van der Waals surface area contributed by atoms with Gasteiger partial charge in [-0.25, -0.2) is 14.4 Å². The Morgan fingerprint density at radius 3 is 2.61 bits per heavy atom. The van der Waals surface area contributed by atoms with Crippen LogP contribution in [-0.4, -0.2) is 54.2 Å². The Morgan fingerprint density at radius 1 is 0.917 bits per heavy atom. The van der Waals surface area contributed by atoms with Crippen LogP contribution in [0.15, 0.2) is 67.3 Å². The van der Waals surface area contributed by atoms with Crippen LogP contribution >= 0.6 is 0 Å². The van der Waals surface area contributed by atoms with Crippen LogP contribution in [0.3, 0.4) is 0 Å². The van der Waals surface area contributed by atoms with Gasteiger partial charge in [0.2, 0.25) is 0 Å². The molecule has 0 aliphatic heterocycles. The van der Waals surface area contributed by atoms with E-state index in [1.807, 2.05) is 38.6 Å². The summed E-state index contributed by atoms with van der Waals surface area (Å²) in [5.41, 5.74) is 7.10. The number of nitrogens with zero attached hydrogens (tertiary/aromatic N) is 5. The predicted octanol–water partition coefficient (Wildman–Crippen LogP) is 5.14. The number of rotatable bonds is 5. The molecule has 0 bridgehead atoms. The van der Waals surface area contributed by atoms with Gasteiger partial charge in [0.15, 0.2) is 5.65 Å². The second-order valence-corrected chi connectivity index (χ2v) is 9.02. The summed E-state index contributed by atoms with van der Waals surface area (Å²) in [5.74, 6) is -0.638. The quantitative estimate of drug-likeness (QED) is 0.316. The number of phenolic OH excluding ortho intramolecular Hbond substituents is 1. The molecule has 6 rings (SSSR count). The van der Waals surface area contributed by atoms with Crippen LogP contribution < -0.4 is 0 Å². The minimum Gasteiger partial charge on any atom is -0.508 e. The van der Waals surface area contributed by atoms with Gasteiger partial charge in [-0.05, 0) is 67.2 Å². The van der Waals surface area contributed by atoms with Gasteiger partial charge in [-0.15, -0.1) is 0 Å². The third-order valence-electron chi connectivity index (χ3n) is 6.03. The van der Waals surface area contributed by atoms with E-state index in [1.165, 1.54) is 12.1 Å². The first-order chi connectivity index (χ1) is 17.4. The van der Waals surface area contributed by atoms with Crippen LogP contribution in [0.25, 0.3) is 55.7 Å². The highest BCUT2D eigenvalue weighted by Gasteiger charge is 2.16. The van der Waals surface area contributed by atoms with Gasteiger partial charge in [-0.2, -0.15) is 5.10 Å². The number of halogens is 1. The summed E-state index contributed by atoms with van der Waals surface area (Å²) in [6.45, 7) is 0.793. The number of hydrogen-bond acceptors (Lipinski definition) is 6. The first kappa shape index (κ1) is 21.9. The van der Waals surface area contributed by atoms with Crippen LogP contribution in [-0.2, 0) is 6.54 Å². The van der Waals surface area contributed by atoms with Gasteiger partial charge in [0.25, 0.3) is 0 Å². The molecule has 0 spiro atoms. The van der Waals surface area contributed by atoms with Gasteiger partial charge in [0.05, 0.1) is 11.4 Å². The van der Waals surface area contributed by atoms with E-state index in [1.54, 1.807) is 18.5 Å². The molecule has 0 unspecified atom stereocenters. The predicted molar refractivity (Wildman–Crippen MR) is 137 cm³/mol. The molecule has 8 nitrogen and oxygen atoms in total. The van der Waals surface area contributed by atoms with Gasteiger partial charge in [-0.1, -0.05) is 0 Å². The van der Waals surface area contributed by atoms with Crippen molar-refractivity contribution in [1.82, 2.24) is 35.0 Å². The highest BCUT2D eigenvalue weighted by molar-refractivity contribution is 5.99. The van der Waals surface area contributed by atoms with Crippen LogP contribution in [0.1, 0.15) is 5.56 Å². The first-order valence-electron chi connectivity index (χ1n) is 11.4. The molecule has 0 saturated heterocycles. The van der Waals surface area contributed by atoms with E-state index in [0.29, 0.717) is 16.9 Å². The Kier molecular flexibility index (Phi) is 5.19. The summed E-state index contributed by atoms with van der Waals surface area (Å²) in [6, 6.07) is 11.9. The zero-order valence-corrected chi connectivity index (χ0v) is 19.6. The van der Waals surface area contributed by atoms with Crippen LogP contribution in [0.4, 0.5) is 4.39 Å². The molecule has 3 N–H and O–H groups in total. The lowest BCUT2D eigenvalue weighted by Gasteiger charge is -2.10. The topological polar surface area (TPSA) is 107 Å². The van der Waals surface area contributed by atoms with Crippen molar-refractivity contribution in [2.45, 2.75) is 6.54 Å². The van der Waals surface area contributed by atoms with E-state index in [0.717, 1.165) is 57.0 Å². The highest BCUT2D eigenvalue weighted by atomic mass is 19.1. The Morgan fingerprint density at radius 2 is 1.78 bits per heavy atom. The second kappa shape index (κ2) is 8.54. The van der Waals surface area contributed by atoms with E-state index in [9.17, 15) is 9.50 Å². The minimum atomic E-state index is -0.506. The molecule has 178 valence electrons. The summed E-state index contributed by atoms with van der Waals surface area (Å²) in [5, 5.41) is 19.0. The molecule has 6 aromatic rings. The zero-order chi connectivity index (χ0) is 24.8. The largest absolute Gasteiger partial charge is 0.508 e. The van der Waals surface area contributed by atoms with Crippen molar-refractivity contribution < 1.29 is 9.50 Å². The van der Waals surface area contributed by atoms with E-state index in [4.69, 9.17) is 0 Å². The Balaban J connectivity index is 1.45. The lowest BCUT2D eigenvalue weighted by atomic mass is 10.0. The van der Waals surface area contributed by atoms with Crippen molar-refractivity contribution in [1.29, 1.82) is 0 Å². The molecule has 5 heterocycles. The monoisotopic (exact) mass is 479 g/mol. The van der Waals surface area contributed by atoms with E-state index < -0.39 is 5.82 Å². The van der Waals surface area contributed by atoms with Gasteiger partial charge >= 0.3 is 0 Å². The lowest BCUT2D eigenvalue weighted by molar-refractivity contribution is 0.402. The zero-order valence-electron chi connectivity index (χ0n) is 19.6. The smallest absolute Gasteiger partial charge is 0.181 e. The van der Waals surface area contributed by atoms with E-state index in [-0.39, 0.29) is 5.75 Å². The van der Waals surface area contributed by atoms with Crippen molar-refractivity contribution in [2.75, 3.05) is 14.1 Å². The molecule has 0 radical (unpaired) electrons. The molecule has 0 fully saturated rings. The first-order valence-corrected chi connectivity index (χ1v) is 11.4. The van der Waals surface area contributed by atoms with Gasteiger partial charge < -0.3 is 15.0 Å². The molecular weight excluding hydrogens is 457 g/mol. The Bertz CT molecular complexity index is 1720. The standard InChI is InChI=1S/C27H22FN7O/c1-35(2)14-15-5-17(12-29-11-15)18-8-23-25(33-34-27(23)31-13-18)24-10-22-21(3-4-30-26(22)32-24)16-6-19(28)9-20(36)7-16/h3-13,36H,14H2,1-2H3,(H,30,32)(H,31,33,34). The van der Waals surface area contributed by atoms with Crippen LogP contribution in [0, 0.1) is 5.82 Å². The molecule has 0 aliphatic rings.